The fourth-order valence-electron chi connectivity index (χ4n) is 1.50. The number of alkyl halides is 3. The van der Waals surface area contributed by atoms with Crippen molar-refractivity contribution in [3.8, 4) is 11.5 Å². The van der Waals surface area contributed by atoms with E-state index in [1.807, 2.05) is 0 Å². The number of para-hydroxylation sites is 2. The lowest BCUT2D eigenvalue weighted by Gasteiger charge is -2.15. The molecule has 1 aromatic carbocycles. The number of benzene rings is 1. The number of aromatic nitrogens is 2. The molecule has 0 unspecified atom stereocenters. The Hall–Kier alpha value is -2.22. The lowest BCUT2D eigenvalue weighted by Crippen LogP contribution is -2.18. The first-order valence-corrected chi connectivity index (χ1v) is 5.95. The Kier molecular flexibility index (Phi) is 4.37. The standard InChI is InChI=1S/C12H9ClF3N3O2/c1-20-9-6-17-11(13)19-10(9)18-7-4-2-3-5-8(7)21-12(14,15)16/h2-6H,1H3,(H,17,18,19). The van der Waals surface area contributed by atoms with Gasteiger partial charge in [0.05, 0.1) is 19.0 Å². The summed E-state index contributed by atoms with van der Waals surface area (Å²) in [6.45, 7) is 0. The summed E-state index contributed by atoms with van der Waals surface area (Å²) in [5, 5.41) is 2.59. The van der Waals surface area contributed by atoms with Crippen LogP contribution in [0.5, 0.6) is 11.5 Å². The predicted octanol–water partition coefficient (Wildman–Crippen LogP) is 3.78. The third-order valence-corrected chi connectivity index (χ3v) is 2.49. The van der Waals surface area contributed by atoms with Crippen molar-refractivity contribution in [1.82, 2.24) is 9.97 Å². The van der Waals surface area contributed by atoms with E-state index in [4.69, 9.17) is 16.3 Å². The summed E-state index contributed by atoms with van der Waals surface area (Å²) in [6.07, 6.45) is -3.50. The molecule has 0 aliphatic heterocycles. The van der Waals surface area contributed by atoms with Gasteiger partial charge in [-0.25, -0.2) is 4.98 Å². The highest BCUT2D eigenvalue weighted by molar-refractivity contribution is 6.28. The van der Waals surface area contributed by atoms with E-state index in [9.17, 15) is 13.2 Å². The van der Waals surface area contributed by atoms with Crippen LogP contribution in [0, 0.1) is 0 Å². The quantitative estimate of drug-likeness (QED) is 0.869. The van der Waals surface area contributed by atoms with E-state index in [1.54, 1.807) is 6.07 Å². The minimum absolute atomic E-state index is 0.0582. The second-order valence-electron chi connectivity index (χ2n) is 3.72. The van der Waals surface area contributed by atoms with Gasteiger partial charge >= 0.3 is 6.36 Å². The predicted molar refractivity (Wildman–Crippen MR) is 70.0 cm³/mol. The van der Waals surface area contributed by atoms with E-state index in [-0.39, 0.29) is 22.5 Å². The molecule has 5 nitrogen and oxygen atoms in total. The normalized spacial score (nSPS) is 11.1. The largest absolute Gasteiger partial charge is 0.573 e. The Bertz CT molecular complexity index is 637. The molecule has 21 heavy (non-hydrogen) atoms. The van der Waals surface area contributed by atoms with Gasteiger partial charge in [-0.05, 0) is 23.7 Å². The zero-order valence-corrected chi connectivity index (χ0v) is 11.4. The van der Waals surface area contributed by atoms with Crippen molar-refractivity contribution < 1.29 is 22.6 Å². The smallest absolute Gasteiger partial charge is 0.491 e. The van der Waals surface area contributed by atoms with Crippen LogP contribution in [0.25, 0.3) is 0 Å². The van der Waals surface area contributed by atoms with Gasteiger partial charge in [0, 0.05) is 0 Å². The summed E-state index contributed by atoms with van der Waals surface area (Å²) in [7, 11) is 1.37. The van der Waals surface area contributed by atoms with Crippen LogP contribution in [0.4, 0.5) is 24.7 Å². The van der Waals surface area contributed by atoms with Crippen molar-refractivity contribution in [3.05, 3.63) is 35.7 Å². The molecule has 0 radical (unpaired) electrons. The molecule has 0 amide bonds. The average molecular weight is 320 g/mol. The molecule has 0 bridgehead atoms. The molecule has 9 heteroatoms. The number of halogens is 4. The fraction of sp³-hybridized carbons (Fsp3) is 0.167. The third kappa shape index (κ3) is 4.12. The van der Waals surface area contributed by atoms with E-state index in [2.05, 4.69) is 20.0 Å². The molecule has 0 aliphatic rings. The Morgan fingerprint density at radius 3 is 2.57 bits per heavy atom. The SMILES string of the molecule is COc1cnc(Cl)nc1Nc1ccccc1OC(F)(F)F. The Balaban J connectivity index is 2.34. The first kappa shape index (κ1) is 15.2. The van der Waals surface area contributed by atoms with Crippen molar-refractivity contribution >= 4 is 23.1 Å². The molecule has 112 valence electrons. The van der Waals surface area contributed by atoms with Gasteiger partial charge in [0.15, 0.2) is 17.3 Å². The van der Waals surface area contributed by atoms with E-state index < -0.39 is 12.1 Å². The molecule has 2 rings (SSSR count). The first-order chi connectivity index (χ1) is 9.89. The Morgan fingerprint density at radius 1 is 1.19 bits per heavy atom. The summed E-state index contributed by atoms with van der Waals surface area (Å²) in [5.74, 6) is -0.0567. The monoisotopic (exact) mass is 319 g/mol. The number of nitrogens with one attached hydrogen (secondary N) is 1. The van der Waals surface area contributed by atoms with Crippen molar-refractivity contribution in [2.45, 2.75) is 6.36 Å². The lowest BCUT2D eigenvalue weighted by molar-refractivity contribution is -0.274. The van der Waals surface area contributed by atoms with Crippen LogP contribution in [-0.4, -0.2) is 23.4 Å². The van der Waals surface area contributed by atoms with Crippen LogP contribution in [0.15, 0.2) is 30.5 Å². The molecule has 0 aliphatic carbocycles. The summed E-state index contributed by atoms with van der Waals surface area (Å²) < 4.78 is 46.0. The van der Waals surface area contributed by atoms with Crippen molar-refractivity contribution in [2.75, 3.05) is 12.4 Å². The minimum atomic E-state index is -4.80. The highest BCUT2D eigenvalue weighted by Gasteiger charge is 2.32. The number of nitrogens with zero attached hydrogens (tertiary/aromatic N) is 2. The van der Waals surface area contributed by atoms with Gasteiger partial charge in [-0.1, -0.05) is 12.1 Å². The van der Waals surface area contributed by atoms with Gasteiger partial charge in [-0.15, -0.1) is 13.2 Å². The number of ether oxygens (including phenoxy) is 2. The lowest BCUT2D eigenvalue weighted by atomic mass is 10.3. The Labute approximate surface area is 122 Å². The second-order valence-corrected chi connectivity index (χ2v) is 4.06. The molecule has 0 saturated heterocycles. The molecule has 0 saturated carbocycles. The summed E-state index contributed by atoms with van der Waals surface area (Å²) in [4.78, 5) is 7.57. The maximum absolute atomic E-state index is 12.3. The molecular formula is C12H9ClF3N3O2. The molecule has 1 N–H and O–H groups in total. The maximum atomic E-state index is 12.3. The zero-order valence-electron chi connectivity index (χ0n) is 10.6. The number of rotatable bonds is 4. The highest BCUT2D eigenvalue weighted by Crippen LogP contribution is 2.34. The van der Waals surface area contributed by atoms with Crippen molar-refractivity contribution in [3.63, 3.8) is 0 Å². The first-order valence-electron chi connectivity index (χ1n) is 5.57. The number of hydrogen-bond acceptors (Lipinski definition) is 5. The summed E-state index contributed by atoms with van der Waals surface area (Å²) in [5.41, 5.74) is 0.0582. The molecule has 0 fully saturated rings. The van der Waals surface area contributed by atoms with E-state index >= 15 is 0 Å². The topological polar surface area (TPSA) is 56.3 Å². The van der Waals surface area contributed by atoms with Crippen LogP contribution in [0.2, 0.25) is 5.28 Å². The summed E-state index contributed by atoms with van der Waals surface area (Å²) >= 11 is 5.66. The van der Waals surface area contributed by atoms with Crippen LogP contribution in [-0.2, 0) is 0 Å². The van der Waals surface area contributed by atoms with Crippen LogP contribution in [0.1, 0.15) is 0 Å². The number of methoxy groups -OCH3 is 1. The maximum Gasteiger partial charge on any atom is 0.573 e. The van der Waals surface area contributed by atoms with Crippen LogP contribution in [0.3, 0.4) is 0 Å². The van der Waals surface area contributed by atoms with E-state index in [0.29, 0.717) is 0 Å². The molecular weight excluding hydrogens is 311 g/mol. The van der Waals surface area contributed by atoms with Gasteiger partial charge in [0.25, 0.3) is 0 Å². The number of hydrogen-bond donors (Lipinski definition) is 1. The molecule has 1 heterocycles. The van der Waals surface area contributed by atoms with Crippen molar-refractivity contribution in [2.24, 2.45) is 0 Å². The highest BCUT2D eigenvalue weighted by atomic mass is 35.5. The van der Waals surface area contributed by atoms with Crippen LogP contribution < -0.4 is 14.8 Å². The number of anilines is 2. The van der Waals surface area contributed by atoms with Gasteiger partial charge in [0.1, 0.15) is 0 Å². The van der Waals surface area contributed by atoms with Gasteiger partial charge in [0.2, 0.25) is 5.28 Å². The molecule has 1 aromatic heterocycles. The summed E-state index contributed by atoms with van der Waals surface area (Å²) in [6, 6.07) is 5.53. The second kappa shape index (κ2) is 6.04. The fourth-order valence-corrected chi connectivity index (χ4v) is 1.63. The minimum Gasteiger partial charge on any atom is -0.491 e. The zero-order chi connectivity index (χ0) is 15.5. The molecule has 0 atom stereocenters. The van der Waals surface area contributed by atoms with E-state index in [0.717, 1.165) is 0 Å². The van der Waals surface area contributed by atoms with Gasteiger partial charge in [-0.3, -0.25) is 0 Å². The third-order valence-electron chi connectivity index (χ3n) is 2.31. The van der Waals surface area contributed by atoms with Crippen LogP contribution >= 0.6 is 11.6 Å². The van der Waals surface area contributed by atoms with Gasteiger partial charge in [-0.2, -0.15) is 4.98 Å². The molecule has 2 aromatic rings. The van der Waals surface area contributed by atoms with Crippen molar-refractivity contribution in [1.29, 1.82) is 0 Å². The van der Waals surface area contributed by atoms with E-state index in [1.165, 1.54) is 31.5 Å². The molecule has 0 spiro atoms. The van der Waals surface area contributed by atoms with Gasteiger partial charge < -0.3 is 14.8 Å². The average Bonchev–Trinajstić information content (AvgIpc) is 2.40. The Morgan fingerprint density at radius 2 is 1.90 bits per heavy atom.